The van der Waals surface area contributed by atoms with Crippen LogP contribution in [-0.2, 0) is 0 Å². The van der Waals surface area contributed by atoms with Gasteiger partial charge in [-0.3, -0.25) is 0 Å². The average molecular weight is 241 g/mol. The molecule has 16 heavy (non-hydrogen) atoms. The SMILES string of the molecule is Nc1cc(Cl)ccc1NC1CCCC1CO. The van der Waals surface area contributed by atoms with Gasteiger partial charge in [-0.1, -0.05) is 18.0 Å². The molecule has 1 aliphatic carbocycles. The van der Waals surface area contributed by atoms with E-state index in [0.717, 1.165) is 24.9 Å². The Morgan fingerprint density at radius 1 is 1.44 bits per heavy atom. The molecule has 1 aliphatic rings. The number of nitrogen functional groups attached to an aromatic ring is 1. The third-order valence-electron chi connectivity index (χ3n) is 3.25. The van der Waals surface area contributed by atoms with Crippen molar-refractivity contribution in [3.63, 3.8) is 0 Å². The van der Waals surface area contributed by atoms with Crippen LogP contribution in [0.5, 0.6) is 0 Å². The van der Waals surface area contributed by atoms with Gasteiger partial charge in [0.1, 0.15) is 0 Å². The van der Waals surface area contributed by atoms with E-state index < -0.39 is 0 Å². The topological polar surface area (TPSA) is 58.3 Å². The summed E-state index contributed by atoms with van der Waals surface area (Å²) in [5.41, 5.74) is 7.45. The zero-order valence-corrected chi connectivity index (χ0v) is 9.87. The Balaban J connectivity index is 2.08. The van der Waals surface area contributed by atoms with E-state index in [4.69, 9.17) is 17.3 Å². The van der Waals surface area contributed by atoms with Crippen LogP contribution in [0.2, 0.25) is 5.02 Å². The summed E-state index contributed by atoms with van der Waals surface area (Å²) in [6.07, 6.45) is 3.34. The third kappa shape index (κ3) is 2.42. The predicted octanol–water partition coefficient (Wildman–Crippen LogP) is 2.50. The van der Waals surface area contributed by atoms with Crippen LogP contribution in [0.15, 0.2) is 18.2 Å². The summed E-state index contributed by atoms with van der Waals surface area (Å²) in [7, 11) is 0. The van der Waals surface area contributed by atoms with Crippen LogP contribution >= 0.6 is 11.6 Å². The van der Waals surface area contributed by atoms with E-state index in [1.807, 2.05) is 12.1 Å². The normalized spacial score (nSPS) is 24.6. The maximum atomic E-state index is 9.24. The number of nitrogens with one attached hydrogen (secondary N) is 1. The highest BCUT2D eigenvalue weighted by atomic mass is 35.5. The zero-order valence-electron chi connectivity index (χ0n) is 9.12. The molecule has 0 aromatic heterocycles. The van der Waals surface area contributed by atoms with Crippen molar-refractivity contribution in [2.45, 2.75) is 25.3 Å². The minimum absolute atomic E-state index is 0.241. The van der Waals surface area contributed by atoms with Crippen LogP contribution in [-0.4, -0.2) is 17.8 Å². The lowest BCUT2D eigenvalue weighted by molar-refractivity contribution is 0.222. The van der Waals surface area contributed by atoms with Crippen molar-refractivity contribution in [1.29, 1.82) is 0 Å². The Hall–Kier alpha value is -0.930. The highest BCUT2D eigenvalue weighted by molar-refractivity contribution is 6.31. The molecule has 2 rings (SSSR count). The summed E-state index contributed by atoms with van der Waals surface area (Å²) in [6.45, 7) is 0.241. The standard InChI is InChI=1S/C12H17ClN2O/c13-9-4-5-12(10(14)6-9)15-11-3-1-2-8(11)7-16/h4-6,8,11,15-16H,1-3,7,14H2. The van der Waals surface area contributed by atoms with E-state index in [2.05, 4.69) is 5.32 Å². The van der Waals surface area contributed by atoms with Crippen molar-refractivity contribution in [3.05, 3.63) is 23.2 Å². The van der Waals surface area contributed by atoms with E-state index in [-0.39, 0.29) is 6.61 Å². The van der Waals surface area contributed by atoms with Gasteiger partial charge in [0.15, 0.2) is 0 Å². The van der Waals surface area contributed by atoms with Crippen LogP contribution in [0.4, 0.5) is 11.4 Å². The van der Waals surface area contributed by atoms with Gasteiger partial charge in [-0.05, 0) is 31.0 Å². The van der Waals surface area contributed by atoms with Gasteiger partial charge in [-0.2, -0.15) is 0 Å². The number of hydrogen-bond donors (Lipinski definition) is 3. The van der Waals surface area contributed by atoms with Gasteiger partial charge in [0.25, 0.3) is 0 Å². The number of hydrogen-bond acceptors (Lipinski definition) is 3. The molecule has 3 nitrogen and oxygen atoms in total. The summed E-state index contributed by atoms with van der Waals surface area (Å²) >= 11 is 5.84. The van der Waals surface area contributed by atoms with Gasteiger partial charge in [0.2, 0.25) is 0 Å². The van der Waals surface area contributed by atoms with Crippen LogP contribution in [0.25, 0.3) is 0 Å². The molecular weight excluding hydrogens is 224 g/mol. The molecule has 0 amide bonds. The zero-order chi connectivity index (χ0) is 11.5. The van der Waals surface area contributed by atoms with Crippen molar-refractivity contribution in [3.8, 4) is 0 Å². The second-order valence-corrected chi connectivity index (χ2v) is 4.79. The number of rotatable bonds is 3. The Labute approximate surface area is 101 Å². The highest BCUT2D eigenvalue weighted by Crippen LogP contribution is 2.31. The van der Waals surface area contributed by atoms with Gasteiger partial charge in [0, 0.05) is 23.6 Å². The minimum Gasteiger partial charge on any atom is -0.397 e. The summed E-state index contributed by atoms with van der Waals surface area (Å²) in [5, 5.41) is 13.3. The van der Waals surface area contributed by atoms with Gasteiger partial charge in [-0.25, -0.2) is 0 Å². The highest BCUT2D eigenvalue weighted by Gasteiger charge is 2.26. The smallest absolute Gasteiger partial charge is 0.0577 e. The van der Waals surface area contributed by atoms with Crippen LogP contribution in [0, 0.1) is 5.92 Å². The quantitative estimate of drug-likeness (QED) is 0.712. The molecule has 88 valence electrons. The van der Waals surface area contributed by atoms with Gasteiger partial charge in [0.05, 0.1) is 11.4 Å². The summed E-state index contributed by atoms with van der Waals surface area (Å²) in [4.78, 5) is 0. The largest absolute Gasteiger partial charge is 0.397 e. The maximum absolute atomic E-state index is 9.24. The van der Waals surface area contributed by atoms with Crippen molar-refractivity contribution >= 4 is 23.0 Å². The number of aliphatic hydroxyl groups excluding tert-OH is 1. The summed E-state index contributed by atoms with van der Waals surface area (Å²) < 4.78 is 0. The molecule has 1 fully saturated rings. The van der Waals surface area contributed by atoms with Crippen LogP contribution in [0.1, 0.15) is 19.3 Å². The van der Waals surface area contributed by atoms with E-state index in [1.165, 1.54) is 0 Å². The molecule has 2 atom stereocenters. The Morgan fingerprint density at radius 2 is 2.25 bits per heavy atom. The molecule has 0 bridgehead atoms. The van der Waals surface area contributed by atoms with Gasteiger partial charge < -0.3 is 16.2 Å². The van der Waals surface area contributed by atoms with Crippen molar-refractivity contribution in [2.24, 2.45) is 5.92 Å². The predicted molar refractivity (Wildman–Crippen MR) is 67.7 cm³/mol. The minimum atomic E-state index is 0.241. The van der Waals surface area contributed by atoms with Gasteiger partial charge in [-0.15, -0.1) is 0 Å². The van der Waals surface area contributed by atoms with Crippen molar-refractivity contribution in [2.75, 3.05) is 17.7 Å². The van der Waals surface area contributed by atoms with E-state index in [9.17, 15) is 5.11 Å². The summed E-state index contributed by atoms with van der Waals surface area (Å²) in [6, 6.07) is 5.79. The molecule has 0 heterocycles. The second kappa shape index (κ2) is 4.93. The molecule has 0 saturated heterocycles. The Bertz CT molecular complexity index is 370. The lowest BCUT2D eigenvalue weighted by atomic mass is 10.0. The fourth-order valence-electron chi connectivity index (χ4n) is 2.31. The lowest BCUT2D eigenvalue weighted by Gasteiger charge is -2.21. The van der Waals surface area contributed by atoms with E-state index >= 15 is 0 Å². The van der Waals surface area contributed by atoms with E-state index in [0.29, 0.717) is 22.7 Å². The second-order valence-electron chi connectivity index (χ2n) is 4.36. The monoisotopic (exact) mass is 240 g/mol. The molecule has 4 heteroatoms. The number of nitrogens with two attached hydrogens (primary N) is 1. The average Bonchev–Trinajstić information content (AvgIpc) is 2.69. The first kappa shape index (κ1) is 11.6. The van der Waals surface area contributed by atoms with Gasteiger partial charge >= 0.3 is 0 Å². The Kier molecular flexibility index (Phi) is 3.56. The fraction of sp³-hybridized carbons (Fsp3) is 0.500. The molecule has 1 aromatic carbocycles. The lowest BCUT2D eigenvalue weighted by Crippen LogP contribution is -2.26. The molecule has 0 radical (unpaired) electrons. The number of halogens is 1. The molecule has 2 unspecified atom stereocenters. The number of aliphatic hydroxyl groups is 1. The first-order chi connectivity index (χ1) is 7.70. The van der Waals surface area contributed by atoms with Crippen LogP contribution in [0.3, 0.4) is 0 Å². The summed E-state index contributed by atoms with van der Waals surface area (Å²) in [5.74, 6) is 0.343. The molecule has 1 saturated carbocycles. The number of anilines is 2. The van der Waals surface area contributed by atoms with Crippen molar-refractivity contribution in [1.82, 2.24) is 0 Å². The molecular formula is C12H17ClN2O. The molecule has 0 aliphatic heterocycles. The van der Waals surface area contributed by atoms with E-state index in [1.54, 1.807) is 6.07 Å². The number of benzene rings is 1. The fourth-order valence-corrected chi connectivity index (χ4v) is 2.49. The molecule has 0 spiro atoms. The maximum Gasteiger partial charge on any atom is 0.0577 e. The molecule has 4 N–H and O–H groups in total. The first-order valence-corrected chi connectivity index (χ1v) is 6.01. The third-order valence-corrected chi connectivity index (χ3v) is 3.48. The Morgan fingerprint density at radius 3 is 2.94 bits per heavy atom. The molecule has 1 aromatic rings. The van der Waals surface area contributed by atoms with Crippen LogP contribution < -0.4 is 11.1 Å². The first-order valence-electron chi connectivity index (χ1n) is 5.63. The van der Waals surface area contributed by atoms with Crippen molar-refractivity contribution < 1.29 is 5.11 Å².